The number of benzene rings is 4. The molecule has 0 aromatic heterocycles. The van der Waals surface area contributed by atoms with Gasteiger partial charge in [-0.15, -0.1) is 0 Å². The summed E-state index contributed by atoms with van der Waals surface area (Å²) in [6.07, 6.45) is 0.954. The van der Waals surface area contributed by atoms with Crippen molar-refractivity contribution in [3.05, 3.63) is 120 Å². The summed E-state index contributed by atoms with van der Waals surface area (Å²) in [6.45, 7) is 0. The van der Waals surface area contributed by atoms with Crippen LogP contribution in [0.3, 0.4) is 0 Å². The van der Waals surface area contributed by atoms with E-state index in [-0.39, 0.29) is 0 Å². The standard InChI is InChI=1S/C25H20/c1-3-9-22(10-4-1)24-16-14-20(15-17-24)18-21-8-7-13-25(19-21)23-11-5-2-6-12-23/h1-17,19H,18H2. The van der Waals surface area contributed by atoms with Crippen molar-refractivity contribution in [2.24, 2.45) is 0 Å². The van der Waals surface area contributed by atoms with E-state index in [4.69, 9.17) is 0 Å². The Kier molecular flexibility index (Phi) is 4.43. The van der Waals surface area contributed by atoms with Gasteiger partial charge in [0.2, 0.25) is 0 Å². The first-order chi connectivity index (χ1) is 12.4. The minimum Gasteiger partial charge on any atom is -0.0622 e. The summed E-state index contributed by atoms with van der Waals surface area (Å²) in [5, 5.41) is 0. The monoisotopic (exact) mass is 320 g/mol. The van der Waals surface area contributed by atoms with E-state index in [0.717, 1.165) is 6.42 Å². The first-order valence-corrected chi connectivity index (χ1v) is 8.67. The zero-order valence-corrected chi connectivity index (χ0v) is 14.1. The van der Waals surface area contributed by atoms with Crippen molar-refractivity contribution in [3.63, 3.8) is 0 Å². The molecule has 0 saturated carbocycles. The topological polar surface area (TPSA) is 0 Å². The van der Waals surface area contributed by atoms with E-state index in [1.165, 1.54) is 33.4 Å². The maximum atomic E-state index is 2.29. The molecule has 0 heterocycles. The highest BCUT2D eigenvalue weighted by atomic mass is 14.1. The van der Waals surface area contributed by atoms with Crippen LogP contribution in [0, 0.1) is 0 Å². The average Bonchev–Trinajstić information content (AvgIpc) is 2.70. The molecule has 0 unspecified atom stereocenters. The fraction of sp³-hybridized carbons (Fsp3) is 0.0400. The maximum absolute atomic E-state index is 2.29. The van der Waals surface area contributed by atoms with Gasteiger partial charge >= 0.3 is 0 Å². The summed E-state index contributed by atoms with van der Waals surface area (Å²) >= 11 is 0. The molecule has 0 atom stereocenters. The molecule has 25 heavy (non-hydrogen) atoms. The van der Waals surface area contributed by atoms with E-state index >= 15 is 0 Å². The minimum atomic E-state index is 0.954. The van der Waals surface area contributed by atoms with Crippen LogP contribution in [0.4, 0.5) is 0 Å². The molecule has 0 radical (unpaired) electrons. The molecule has 120 valence electrons. The summed E-state index contributed by atoms with van der Waals surface area (Å²) in [4.78, 5) is 0. The maximum Gasteiger partial charge on any atom is -0.00255 e. The largest absolute Gasteiger partial charge is 0.0622 e. The molecular formula is C25H20. The van der Waals surface area contributed by atoms with Crippen LogP contribution in [0.5, 0.6) is 0 Å². The molecule has 0 aliphatic carbocycles. The molecule has 0 spiro atoms. The van der Waals surface area contributed by atoms with Crippen molar-refractivity contribution in [1.29, 1.82) is 0 Å². The zero-order valence-electron chi connectivity index (χ0n) is 14.1. The third kappa shape index (κ3) is 3.70. The second kappa shape index (κ2) is 7.19. The van der Waals surface area contributed by atoms with Crippen LogP contribution < -0.4 is 0 Å². The van der Waals surface area contributed by atoms with Crippen molar-refractivity contribution >= 4 is 0 Å². The fourth-order valence-electron chi connectivity index (χ4n) is 3.17. The van der Waals surface area contributed by atoms with Gasteiger partial charge in [0.15, 0.2) is 0 Å². The van der Waals surface area contributed by atoms with Gasteiger partial charge in [0.1, 0.15) is 0 Å². The fourth-order valence-corrected chi connectivity index (χ4v) is 3.17. The molecule has 0 saturated heterocycles. The smallest absolute Gasteiger partial charge is 0.00255 e. The van der Waals surface area contributed by atoms with Gasteiger partial charge in [0.05, 0.1) is 0 Å². The Morgan fingerprint density at radius 1 is 0.360 bits per heavy atom. The van der Waals surface area contributed by atoms with E-state index in [9.17, 15) is 0 Å². The van der Waals surface area contributed by atoms with E-state index in [2.05, 4.69) is 109 Å². The highest BCUT2D eigenvalue weighted by molar-refractivity contribution is 5.65. The van der Waals surface area contributed by atoms with E-state index in [1.54, 1.807) is 0 Å². The van der Waals surface area contributed by atoms with Crippen LogP contribution in [-0.2, 0) is 6.42 Å². The van der Waals surface area contributed by atoms with Gasteiger partial charge in [-0.1, -0.05) is 109 Å². The van der Waals surface area contributed by atoms with E-state index in [1.807, 2.05) is 0 Å². The van der Waals surface area contributed by atoms with Crippen molar-refractivity contribution in [2.75, 3.05) is 0 Å². The Balaban J connectivity index is 1.55. The summed E-state index contributed by atoms with van der Waals surface area (Å²) < 4.78 is 0. The van der Waals surface area contributed by atoms with Crippen LogP contribution in [0.25, 0.3) is 22.3 Å². The van der Waals surface area contributed by atoms with Gasteiger partial charge in [-0.2, -0.15) is 0 Å². The molecule has 0 heteroatoms. The quantitative estimate of drug-likeness (QED) is 0.397. The third-order valence-corrected chi connectivity index (χ3v) is 4.50. The molecule has 0 N–H and O–H groups in total. The highest BCUT2D eigenvalue weighted by Gasteiger charge is 2.02. The van der Waals surface area contributed by atoms with E-state index in [0.29, 0.717) is 0 Å². The Morgan fingerprint density at radius 2 is 0.880 bits per heavy atom. The Bertz CT molecular complexity index is 936. The normalized spacial score (nSPS) is 10.6. The molecular weight excluding hydrogens is 300 g/mol. The summed E-state index contributed by atoms with van der Waals surface area (Å²) in [7, 11) is 0. The lowest BCUT2D eigenvalue weighted by Crippen LogP contribution is -1.89. The van der Waals surface area contributed by atoms with Crippen LogP contribution in [0.2, 0.25) is 0 Å². The molecule has 0 aliphatic rings. The van der Waals surface area contributed by atoms with Crippen molar-refractivity contribution in [2.45, 2.75) is 6.42 Å². The molecule has 4 aromatic rings. The molecule has 0 bridgehead atoms. The SMILES string of the molecule is c1ccc(-c2ccc(Cc3cccc(-c4ccccc4)c3)cc2)cc1. The molecule has 0 amide bonds. The van der Waals surface area contributed by atoms with Crippen LogP contribution in [0.1, 0.15) is 11.1 Å². The van der Waals surface area contributed by atoms with Gasteiger partial charge in [-0.25, -0.2) is 0 Å². The lowest BCUT2D eigenvalue weighted by Gasteiger charge is -2.07. The van der Waals surface area contributed by atoms with Crippen molar-refractivity contribution < 1.29 is 0 Å². The second-order valence-electron chi connectivity index (χ2n) is 6.31. The Morgan fingerprint density at radius 3 is 1.52 bits per heavy atom. The van der Waals surface area contributed by atoms with Crippen molar-refractivity contribution in [3.8, 4) is 22.3 Å². The molecule has 0 nitrogen and oxygen atoms in total. The first kappa shape index (κ1) is 15.4. The number of rotatable bonds is 4. The van der Waals surface area contributed by atoms with Gasteiger partial charge in [-0.05, 0) is 39.8 Å². The summed E-state index contributed by atoms with van der Waals surface area (Å²) in [5.41, 5.74) is 7.75. The Hall–Kier alpha value is -3.12. The van der Waals surface area contributed by atoms with Crippen LogP contribution in [-0.4, -0.2) is 0 Å². The molecule has 4 aromatic carbocycles. The number of hydrogen-bond acceptors (Lipinski definition) is 0. The van der Waals surface area contributed by atoms with Gasteiger partial charge in [0, 0.05) is 0 Å². The minimum absolute atomic E-state index is 0.954. The second-order valence-corrected chi connectivity index (χ2v) is 6.31. The van der Waals surface area contributed by atoms with Crippen LogP contribution >= 0.6 is 0 Å². The summed E-state index contributed by atoms with van der Waals surface area (Å²) in [5.74, 6) is 0. The first-order valence-electron chi connectivity index (χ1n) is 8.67. The molecule has 4 rings (SSSR count). The predicted octanol–water partition coefficient (Wildman–Crippen LogP) is 6.61. The lowest BCUT2D eigenvalue weighted by molar-refractivity contribution is 1.19. The van der Waals surface area contributed by atoms with Gasteiger partial charge in [0.25, 0.3) is 0 Å². The van der Waals surface area contributed by atoms with Gasteiger partial charge < -0.3 is 0 Å². The van der Waals surface area contributed by atoms with Crippen molar-refractivity contribution in [1.82, 2.24) is 0 Å². The molecule has 0 aliphatic heterocycles. The third-order valence-electron chi connectivity index (χ3n) is 4.50. The van der Waals surface area contributed by atoms with E-state index < -0.39 is 0 Å². The average molecular weight is 320 g/mol. The Labute approximate surface area is 149 Å². The highest BCUT2D eigenvalue weighted by Crippen LogP contribution is 2.23. The predicted molar refractivity (Wildman–Crippen MR) is 107 cm³/mol. The summed E-state index contributed by atoms with van der Waals surface area (Å²) in [6, 6.07) is 38.8. The lowest BCUT2D eigenvalue weighted by atomic mass is 9.98. The number of hydrogen-bond donors (Lipinski definition) is 0. The van der Waals surface area contributed by atoms with Crippen LogP contribution in [0.15, 0.2) is 109 Å². The molecule has 0 fully saturated rings. The zero-order chi connectivity index (χ0) is 16.9. The van der Waals surface area contributed by atoms with Gasteiger partial charge in [-0.3, -0.25) is 0 Å².